The fourth-order valence-corrected chi connectivity index (χ4v) is 3.41. The van der Waals surface area contributed by atoms with E-state index >= 15 is 0 Å². The molecule has 2 heteroatoms. The first kappa shape index (κ1) is 14.1. The van der Waals surface area contributed by atoms with Crippen molar-refractivity contribution in [3.8, 4) is 0 Å². The number of rotatable bonds is 1. The molecule has 1 heterocycles. The summed E-state index contributed by atoms with van der Waals surface area (Å²) in [5, 5.41) is 1.34. The van der Waals surface area contributed by atoms with Crippen molar-refractivity contribution in [2.45, 2.75) is 71.4 Å². The molecular formula is C14H27NS. The van der Waals surface area contributed by atoms with Gasteiger partial charge in [0, 0.05) is 16.2 Å². The van der Waals surface area contributed by atoms with Crippen LogP contribution in [0.3, 0.4) is 0 Å². The summed E-state index contributed by atoms with van der Waals surface area (Å²) in [5.74, 6) is 0.596. The van der Waals surface area contributed by atoms with Crippen LogP contribution in [0.15, 0.2) is 4.99 Å². The van der Waals surface area contributed by atoms with Crippen LogP contribution in [0.5, 0.6) is 0 Å². The molecule has 2 unspecified atom stereocenters. The molecule has 94 valence electrons. The highest BCUT2D eigenvalue weighted by atomic mass is 32.2. The molecule has 0 aromatic rings. The van der Waals surface area contributed by atoms with Crippen LogP contribution in [0.2, 0.25) is 0 Å². The zero-order valence-electron chi connectivity index (χ0n) is 11.9. The lowest BCUT2D eigenvalue weighted by atomic mass is 9.87. The first-order chi connectivity index (χ1) is 7.21. The zero-order chi connectivity index (χ0) is 12.5. The van der Waals surface area contributed by atoms with Gasteiger partial charge < -0.3 is 0 Å². The van der Waals surface area contributed by atoms with Crippen molar-refractivity contribution in [1.29, 1.82) is 0 Å². The van der Waals surface area contributed by atoms with Crippen LogP contribution in [0, 0.1) is 11.3 Å². The molecule has 0 bridgehead atoms. The quantitative estimate of drug-likeness (QED) is 0.662. The number of thioether (sulfide) groups is 1. The van der Waals surface area contributed by atoms with E-state index in [9.17, 15) is 0 Å². The van der Waals surface area contributed by atoms with Crippen molar-refractivity contribution in [3.63, 3.8) is 0 Å². The Morgan fingerprint density at radius 3 is 2.25 bits per heavy atom. The Kier molecular flexibility index (Phi) is 4.50. The summed E-state index contributed by atoms with van der Waals surface area (Å²) in [4.78, 5) is 4.92. The maximum absolute atomic E-state index is 4.92. The predicted molar refractivity (Wildman–Crippen MR) is 76.6 cm³/mol. The molecule has 0 saturated heterocycles. The Balaban J connectivity index is 2.92. The van der Waals surface area contributed by atoms with Gasteiger partial charge >= 0.3 is 0 Å². The van der Waals surface area contributed by atoms with Crippen LogP contribution in [-0.2, 0) is 0 Å². The second kappa shape index (κ2) is 5.12. The summed E-state index contributed by atoms with van der Waals surface area (Å²) in [5.41, 5.74) is 1.79. The molecule has 0 aromatic heterocycles. The van der Waals surface area contributed by atoms with Crippen molar-refractivity contribution >= 4 is 17.5 Å². The van der Waals surface area contributed by atoms with E-state index in [1.165, 1.54) is 12.1 Å². The van der Waals surface area contributed by atoms with Crippen LogP contribution in [0.25, 0.3) is 0 Å². The average Bonchev–Trinajstić information content (AvgIpc) is 2.26. The maximum atomic E-state index is 4.92. The van der Waals surface area contributed by atoms with Gasteiger partial charge in [0.15, 0.2) is 0 Å². The molecule has 0 aliphatic carbocycles. The first-order valence-electron chi connectivity index (χ1n) is 6.44. The molecule has 3 atom stereocenters. The van der Waals surface area contributed by atoms with Crippen LogP contribution in [0.4, 0.5) is 0 Å². The minimum absolute atomic E-state index is 0.374. The third-order valence-electron chi connectivity index (χ3n) is 3.45. The summed E-state index contributed by atoms with van der Waals surface area (Å²) in [6, 6.07) is 0.467. The van der Waals surface area contributed by atoms with Gasteiger partial charge in [-0.1, -0.05) is 41.5 Å². The number of nitrogens with zero attached hydrogens (tertiary/aromatic N) is 1. The Bertz CT molecular complexity index is 262. The molecule has 0 radical (unpaired) electrons. The van der Waals surface area contributed by atoms with E-state index in [1.807, 2.05) is 0 Å². The van der Waals surface area contributed by atoms with Gasteiger partial charge in [-0.2, -0.15) is 11.8 Å². The van der Waals surface area contributed by atoms with E-state index in [0.717, 1.165) is 0 Å². The lowest BCUT2D eigenvalue weighted by molar-refractivity contribution is 0.398. The van der Waals surface area contributed by atoms with Gasteiger partial charge in [-0.05, 0) is 24.7 Å². The lowest BCUT2D eigenvalue weighted by Gasteiger charge is -2.31. The fourth-order valence-electron chi connectivity index (χ4n) is 1.93. The highest BCUT2D eigenvalue weighted by molar-refractivity contribution is 8.00. The van der Waals surface area contributed by atoms with Gasteiger partial charge in [0.1, 0.15) is 0 Å². The molecule has 0 N–H and O–H groups in total. The minimum Gasteiger partial charge on any atom is -0.290 e. The maximum Gasteiger partial charge on any atom is 0.0586 e. The fraction of sp³-hybridized carbons (Fsp3) is 0.929. The third-order valence-corrected chi connectivity index (χ3v) is 5.48. The molecule has 1 nitrogen and oxygen atoms in total. The largest absolute Gasteiger partial charge is 0.290 e. The molecule has 0 spiro atoms. The van der Waals surface area contributed by atoms with E-state index in [-0.39, 0.29) is 0 Å². The second-order valence-corrected chi connectivity index (χ2v) is 8.00. The molecule has 1 rings (SSSR count). The Labute approximate surface area is 105 Å². The summed E-state index contributed by atoms with van der Waals surface area (Å²) >= 11 is 2.13. The highest BCUT2D eigenvalue weighted by Crippen LogP contribution is 2.39. The minimum atomic E-state index is 0.374. The van der Waals surface area contributed by atoms with Gasteiger partial charge in [-0.15, -0.1) is 0 Å². The van der Waals surface area contributed by atoms with E-state index in [4.69, 9.17) is 4.99 Å². The van der Waals surface area contributed by atoms with Crippen molar-refractivity contribution in [3.05, 3.63) is 0 Å². The molecule has 0 aromatic carbocycles. The molecule has 0 amide bonds. The molecule has 0 saturated carbocycles. The third kappa shape index (κ3) is 3.51. The SMILES string of the molecule is CC(C)C1=NC(C)C(C)S[C@@H](C(C)(C)C)C1. The van der Waals surface area contributed by atoms with Crippen LogP contribution in [-0.4, -0.2) is 22.3 Å². The normalized spacial score (nSPS) is 32.5. The highest BCUT2D eigenvalue weighted by Gasteiger charge is 2.32. The average molecular weight is 241 g/mol. The Hall–Kier alpha value is 0.0200. The standard InChI is InChI=1S/C14H27NS/c1-9(2)12-8-13(14(5,6)7)16-11(4)10(3)15-12/h9-11,13H,8H2,1-7H3/t10?,11?,13-/m1/s1. The number of hydrogen-bond acceptors (Lipinski definition) is 2. The van der Waals surface area contributed by atoms with Gasteiger partial charge in [0.2, 0.25) is 0 Å². The van der Waals surface area contributed by atoms with Gasteiger partial charge in [-0.25, -0.2) is 0 Å². The van der Waals surface area contributed by atoms with E-state index in [1.54, 1.807) is 0 Å². The van der Waals surface area contributed by atoms with Crippen molar-refractivity contribution in [2.75, 3.05) is 0 Å². The molecular weight excluding hydrogens is 214 g/mol. The van der Waals surface area contributed by atoms with Gasteiger partial charge in [0.05, 0.1) is 6.04 Å². The second-order valence-electron chi connectivity index (χ2n) is 6.42. The molecule has 0 fully saturated rings. The van der Waals surface area contributed by atoms with Crippen molar-refractivity contribution < 1.29 is 0 Å². The lowest BCUT2D eigenvalue weighted by Crippen LogP contribution is -2.28. The van der Waals surface area contributed by atoms with Gasteiger partial charge in [0.25, 0.3) is 0 Å². The van der Waals surface area contributed by atoms with E-state index < -0.39 is 0 Å². The monoisotopic (exact) mass is 241 g/mol. The number of hydrogen-bond donors (Lipinski definition) is 0. The van der Waals surface area contributed by atoms with Crippen molar-refractivity contribution in [1.82, 2.24) is 0 Å². The molecule has 16 heavy (non-hydrogen) atoms. The summed E-state index contributed by atoms with van der Waals surface area (Å²) in [6.45, 7) is 16.2. The van der Waals surface area contributed by atoms with Crippen LogP contribution in [0.1, 0.15) is 54.9 Å². The van der Waals surface area contributed by atoms with Gasteiger partial charge in [-0.3, -0.25) is 4.99 Å². The zero-order valence-corrected chi connectivity index (χ0v) is 12.7. The van der Waals surface area contributed by atoms with Crippen molar-refractivity contribution in [2.24, 2.45) is 16.3 Å². The van der Waals surface area contributed by atoms with E-state index in [2.05, 4.69) is 60.2 Å². The van der Waals surface area contributed by atoms with E-state index in [0.29, 0.717) is 27.9 Å². The van der Waals surface area contributed by atoms with Crippen LogP contribution >= 0.6 is 11.8 Å². The molecule has 1 aliphatic heterocycles. The molecule has 1 aliphatic rings. The Morgan fingerprint density at radius 2 is 1.81 bits per heavy atom. The predicted octanol–water partition coefficient (Wildman–Crippen LogP) is 4.41. The topological polar surface area (TPSA) is 12.4 Å². The Morgan fingerprint density at radius 1 is 1.25 bits per heavy atom. The summed E-state index contributed by atoms with van der Waals surface area (Å²) in [7, 11) is 0. The smallest absolute Gasteiger partial charge is 0.0586 e. The first-order valence-corrected chi connectivity index (χ1v) is 7.38. The summed E-state index contributed by atoms with van der Waals surface area (Å²) < 4.78 is 0. The van der Waals surface area contributed by atoms with Crippen LogP contribution < -0.4 is 0 Å². The summed E-state index contributed by atoms with van der Waals surface area (Å²) in [6.07, 6.45) is 1.17. The number of aliphatic imine (C=N–C) groups is 1.